The number of nitrogens with zero attached hydrogens (tertiary/aromatic N) is 2. The maximum atomic E-state index is 12.8. The molecule has 1 saturated heterocycles. The van der Waals surface area contributed by atoms with Crippen LogP contribution in [-0.4, -0.2) is 62.3 Å². The summed E-state index contributed by atoms with van der Waals surface area (Å²) in [6, 6.07) is 15.4. The Kier molecular flexibility index (Phi) is 5.79. The Bertz CT molecular complexity index is 1180. The number of rotatable bonds is 5. The summed E-state index contributed by atoms with van der Waals surface area (Å²) in [5, 5.41) is 0.770. The number of esters is 1. The second-order valence-electron chi connectivity index (χ2n) is 7.32. The molecular formula is C22H22N2O6S. The number of piperazine rings is 1. The molecule has 1 amide bonds. The smallest absolute Gasteiger partial charge is 0.374 e. The van der Waals surface area contributed by atoms with Crippen LogP contribution in [0.1, 0.15) is 16.1 Å². The molecule has 0 atom stereocenters. The second-order valence-corrected chi connectivity index (χ2v) is 9.26. The first-order valence-electron chi connectivity index (χ1n) is 9.85. The first-order valence-corrected chi connectivity index (χ1v) is 11.3. The molecule has 1 fully saturated rings. The molecule has 2 aromatic carbocycles. The van der Waals surface area contributed by atoms with Gasteiger partial charge in [-0.3, -0.25) is 4.79 Å². The first kappa shape index (κ1) is 21.1. The number of aryl methyl sites for hydroxylation is 1. The van der Waals surface area contributed by atoms with Crippen molar-refractivity contribution in [3.8, 4) is 0 Å². The molecule has 0 unspecified atom stereocenters. The van der Waals surface area contributed by atoms with Gasteiger partial charge in [0.2, 0.25) is 15.8 Å². The number of fused-ring (bicyclic) bond motifs is 1. The monoisotopic (exact) mass is 442 g/mol. The topological polar surface area (TPSA) is 97.1 Å². The van der Waals surface area contributed by atoms with Gasteiger partial charge in [0.25, 0.3) is 5.91 Å². The fourth-order valence-corrected chi connectivity index (χ4v) is 4.83. The summed E-state index contributed by atoms with van der Waals surface area (Å²) in [4.78, 5) is 26.3. The highest BCUT2D eigenvalue weighted by molar-refractivity contribution is 7.89. The Labute approximate surface area is 180 Å². The molecule has 0 aliphatic carbocycles. The molecule has 4 rings (SSSR count). The number of para-hydroxylation sites is 1. The molecule has 162 valence electrons. The molecule has 8 nitrogen and oxygen atoms in total. The Hall–Kier alpha value is -3.17. The molecule has 9 heteroatoms. The molecule has 1 aromatic heterocycles. The predicted molar refractivity (Wildman–Crippen MR) is 113 cm³/mol. The van der Waals surface area contributed by atoms with Crippen molar-refractivity contribution in [1.29, 1.82) is 0 Å². The summed E-state index contributed by atoms with van der Waals surface area (Å²) in [6.45, 7) is 2.28. The van der Waals surface area contributed by atoms with Crippen LogP contribution in [0.5, 0.6) is 0 Å². The molecular weight excluding hydrogens is 420 g/mol. The number of furan rings is 1. The minimum Gasteiger partial charge on any atom is -0.450 e. The van der Waals surface area contributed by atoms with Crippen LogP contribution in [-0.2, 0) is 19.6 Å². The van der Waals surface area contributed by atoms with Gasteiger partial charge in [0.05, 0.1) is 4.90 Å². The third kappa shape index (κ3) is 4.47. The van der Waals surface area contributed by atoms with E-state index in [2.05, 4.69) is 0 Å². The average molecular weight is 442 g/mol. The third-order valence-electron chi connectivity index (χ3n) is 5.20. The average Bonchev–Trinajstić information content (AvgIpc) is 3.22. The number of benzene rings is 2. The Morgan fingerprint density at radius 2 is 1.68 bits per heavy atom. The second kappa shape index (κ2) is 8.52. The fourth-order valence-electron chi connectivity index (χ4n) is 3.41. The van der Waals surface area contributed by atoms with Gasteiger partial charge >= 0.3 is 5.97 Å². The van der Waals surface area contributed by atoms with E-state index in [0.29, 0.717) is 5.58 Å². The Morgan fingerprint density at radius 1 is 1.00 bits per heavy atom. The summed E-state index contributed by atoms with van der Waals surface area (Å²) >= 11 is 0. The fraction of sp³-hybridized carbons (Fsp3) is 0.273. The van der Waals surface area contributed by atoms with Crippen LogP contribution in [0, 0.1) is 6.92 Å². The van der Waals surface area contributed by atoms with Crippen LogP contribution >= 0.6 is 0 Å². The van der Waals surface area contributed by atoms with E-state index in [1.807, 2.05) is 19.1 Å². The van der Waals surface area contributed by atoms with Crippen molar-refractivity contribution in [3.63, 3.8) is 0 Å². The Morgan fingerprint density at radius 3 is 2.35 bits per heavy atom. The van der Waals surface area contributed by atoms with Crippen molar-refractivity contribution in [3.05, 3.63) is 65.9 Å². The molecule has 2 heterocycles. The number of hydrogen-bond acceptors (Lipinski definition) is 6. The van der Waals surface area contributed by atoms with Crippen LogP contribution in [0.15, 0.2) is 63.9 Å². The molecule has 3 aromatic rings. The van der Waals surface area contributed by atoms with E-state index in [1.54, 1.807) is 42.5 Å². The lowest BCUT2D eigenvalue weighted by atomic mass is 10.2. The highest BCUT2D eigenvalue weighted by Gasteiger charge is 2.30. The van der Waals surface area contributed by atoms with Gasteiger partial charge in [-0.1, -0.05) is 35.9 Å². The van der Waals surface area contributed by atoms with Crippen LogP contribution in [0.2, 0.25) is 0 Å². The molecule has 0 bridgehead atoms. The van der Waals surface area contributed by atoms with Gasteiger partial charge in [-0.05, 0) is 31.2 Å². The van der Waals surface area contributed by atoms with Crippen molar-refractivity contribution >= 4 is 32.9 Å². The Balaban J connectivity index is 1.31. The van der Waals surface area contributed by atoms with E-state index in [4.69, 9.17) is 9.15 Å². The van der Waals surface area contributed by atoms with E-state index < -0.39 is 22.6 Å². The highest BCUT2D eigenvalue weighted by Crippen LogP contribution is 2.20. The number of sulfonamides is 1. The van der Waals surface area contributed by atoms with Crippen molar-refractivity contribution in [2.45, 2.75) is 11.8 Å². The molecule has 0 spiro atoms. The van der Waals surface area contributed by atoms with E-state index in [9.17, 15) is 18.0 Å². The molecule has 0 N–H and O–H groups in total. The molecule has 0 saturated carbocycles. The van der Waals surface area contributed by atoms with Gasteiger partial charge < -0.3 is 14.1 Å². The largest absolute Gasteiger partial charge is 0.450 e. The number of hydrogen-bond donors (Lipinski definition) is 0. The lowest BCUT2D eigenvalue weighted by molar-refractivity contribution is -0.135. The van der Waals surface area contributed by atoms with Crippen molar-refractivity contribution in [1.82, 2.24) is 9.21 Å². The molecule has 0 radical (unpaired) electrons. The van der Waals surface area contributed by atoms with Crippen molar-refractivity contribution < 1.29 is 27.2 Å². The summed E-state index contributed by atoms with van der Waals surface area (Å²) in [5.74, 6) is -1.06. The summed E-state index contributed by atoms with van der Waals surface area (Å²) in [6.07, 6.45) is 0. The molecule has 31 heavy (non-hydrogen) atoms. The van der Waals surface area contributed by atoms with E-state index in [1.165, 1.54) is 9.21 Å². The van der Waals surface area contributed by atoms with Crippen LogP contribution in [0.25, 0.3) is 11.0 Å². The SMILES string of the molecule is Cc1ccc(S(=O)(=O)N2CCN(C(=O)COC(=O)c3cc4ccccc4o3)CC2)cc1. The van der Waals surface area contributed by atoms with Crippen molar-refractivity contribution in [2.24, 2.45) is 0 Å². The molecule has 1 aliphatic rings. The summed E-state index contributed by atoms with van der Waals surface area (Å²) in [7, 11) is -3.60. The van der Waals surface area contributed by atoms with E-state index in [-0.39, 0.29) is 42.7 Å². The summed E-state index contributed by atoms with van der Waals surface area (Å²) in [5.41, 5.74) is 1.54. The standard InChI is InChI=1S/C22H22N2O6S/c1-16-6-8-18(9-7-16)31(27,28)24-12-10-23(11-13-24)21(25)15-29-22(26)20-14-17-4-2-3-5-19(17)30-20/h2-9,14H,10-13,15H2,1H3. The third-order valence-corrected chi connectivity index (χ3v) is 7.12. The van der Waals surface area contributed by atoms with Crippen LogP contribution in [0.4, 0.5) is 0 Å². The van der Waals surface area contributed by atoms with Gasteiger partial charge in [-0.25, -0.2) is 13.2 Å². The van der Waals surface area contributed by atoms with Crippen LogP contribution < -0.4 is 0 Å². The number of amides is 1. The van der Waals surface area contributed by atoms with Crippen molar-refractivity contribution in [2.75, 3.05) is 32.8 Å². The summed E-state index contributed by atoms with van der Waals surface area (Å²) < 4.78 is 37.4. The zero-order valence-corrected chi connectivity index (χ0v) is 17.8. The van der Waals surface area contributed by atoms with Gasteiger partial charge in [-0.2, -0.15) is 4.31 Å². The van der Waals surface area contributed by atoms with Gasteiger partial charge in [-0.15, -0.1) is 0 Å². The number of carbonyl (C=O) groups is 2. The van der Waals surface area contributed by atoms with E-state index >= 15 is 0 Å². The minimum atomic E-state index is -3.60. The maximum absolute atomic E-state index is 12.8. The van der Waals surface area contributed by atoms with E-state index in [0.717, 1.165) is 10.9 Å². The minimum absolute atomic E-state index is 0.0306. The zero-order chi connectivity index (χ0) is 22.0. The van der Waals surface area contributed by atoms with Gasteiger partial charge in [0, 0.05) is 31.6 Å². The number of carbonyl (C=O) groups excluding carboxylic acids is 2. The van der Waals surface area contributed by atoms with Gasteiger partial charge in [0.15, 0.2) is 6.61 Å². The first-order chi connectivity index (χ1) is 14.8. The lowest BCUT2D eigenvalue weighted by Gasteiger charge is -2.33. The maximum Gasteiger partial charge on any atom is 0.374 e. The predicted octanol–water partition coefficient (Wildman–Crippen LogP) is 2.43. The quantitative estimate of drug-likeness (QED) is 0.563. The number of ether oxygens (including phenoxy) is 1. The zero-order valence-electron chi connectivity index (χ0n) is 17.0. The highest BCUT2D eigenvalue weighted by atomic mass is 32.2. The van der Waals surface area contributed by atoms with Gasteiger partial charge in [0.1, 0.15) is 5.58 Å². The van der Waals surface area contributed by atoms with Crippen LogP contribution in [0.3, 0.4) is 0 Å². The molecule has 1 aliphatic heterocycles. The lowest BCUT2D eigenvalue weighted by Crippen LogP contribution is -2.51. The normalized spacial score (nSPS) is 15.2.